The Kier molecular flexibility index (Phi) is 15.2. The van der Waals surface area contributed by atoms with E-state index in [0.29, 0.717) is 12.3 Å². The molecule has 0 rings (SSSR count). The van der Waals surface area contributed by atoms with Gasteiger partial charge in [0, 0.05) is 24.5 Å². The lowest BCUT2D eigenvalue weighted by molar-refractivity contribution is -0.121. The summed E-state index contributed by atoms with van der Waals surface area (Å²) in [5.41, 5.74) is 0. The quantitative estimate of drug-likeness (QED) is 0.335. The van der Waals surface area contributed by atoms with E-state index in [-0.39, 0.29) is 5.91 Å². The maximum Gasteiger partial charge on any atom is 0.220 e. The van der Waals surface area contributed by atoms with E-state index in [1.165, 1.54) is 37.9 Å². The summed E-state index contributed by atoms with van der Waals surface area (Å²) in [6, 6.07) is 0. The smallest absolute Gasteiger partial charge is 0.220 e. The van der Waals surface area contributed by atoms with Crippen LogP contribution in [0.5, 0.6) is 0 Å². The number of unbranched alkanes of at least 4 members (excludes halogenated alkanes) is 3. The van der Waals surface area contributed by atoms with E-state index in [2.05, 4.69) is 33.0 Å². The van der Waals surface area contributed by atoms with Crippen LogP contribution in [0.1, 0.15) is 72.6 Å². The Balaban J connectivity index is 3.13. The number of nitrogens with one attached hydrogen (secondary N) is 1. The molecule has 1 N–H and O–H groups in total. The standard InChI is InChI=1S/C17H35NOS2/c1-15(2)9-7-5-6-8-13-20-21-14-12-18-17(19)11-10-16(3)4/h15-16H,5-14H2,1-4H3,(H,18,19). The monoisotopic (exact) mass is 333 g/mol. The van der Waals surface area contributed by atoms with E-state index in [0.717, 1.165) is 24.6 Å². The summed E-state index contributed by atoms with van der Waals surface area (Å²) in [4.78, 5) is 11.5. The highest BCUT2D eigenvalue weighted by molar-refractivity contribution is 8.76. The maximum absolute atomic E-state index is 11.5. The summed E-state index contributed by atoms with van der Waals surface area (Å²) in [5, 5.41) is 2.99. The average Bonchev–Trinajstić information content (AvgIpc) is 2.42. The van der Waals surface area contributed by atoms with Gasteiger partial charge < -0.3 is 5.32 Å². The molecule has 0 bridgehead atoms. The summed E-state index contributed by atoms with van der Waals surface area (Å²) < 4.78 is 0. The average molecular weight is 334 g/mol. The second-order valence-electron chi connectivity index (χ2n) is 6.52. The molecule has 0 aliphatic heterocycles. The van der Waals surface area contributed by atoms with Crippen molar-refractivity contribution in [3.05, 3.63) is 0 Å². The Morgan fingerprint density at radius 1 is 0.857 bits per heavy atom. The summed E-state index contributed by atoms with van der Waals surface area (Å²) in [6.45, 7) is 9.72. The lowest BCUT2D eigenvalue weighted by Crippen LogP contribution is -2.25. The number of rotatable bonds is 14. The topological polar surface area (TPSA) is 29.1 Å². The first kappa shape index (κ1) is 21.2. The van der Waals surface area contributed by atoms with Gasteiger partial charge in [0.1, 0.15) is 0 Å². The minimum absolute atomic E-state index is 0.208. The minimum atomic E-state index is 0.208. The molecule has 0 saturated carbocycles. The molecule has 0 fully saturated rings. The highest BCUT2D eigenvalue weighted by Crippen LogP contribution is 2.22. The molecule has 1 amide bonds. The highest BCUT2D eigenvalue weighted by Gasteiger charge is 2.02. The van der Waals surface area contributed by atoms with Gasteiger partial charge in [0.05, 0.1) is 0 Å². The zero-order chi connectivity index (χ0) is 15.9. The molecule has 0 aromatic heterocycles. The van der Waals surface area contributed by atoms with Crippen LogP contribution in [0.25, 0.3) is 0 Å². The first-order valence-corrected chi connectivity index (χ1v) is 11.0. The van der Waals surface area contributed by atoms with Gasteiger partial charge in [-0.15, -0.1) is 0 Å². The fraction of sp³-hybridized carbons (Fsp3) is 0.941. The Morgan fingerprint density at radius 2 is 1.48 bits per heavy atom. The highest BCUT2D eigenvalue weighted by atomic mass is 33.1. The van der Waals surface area contributed by atoms with Crippen molar-refractivity contribution < 1.29 is 4.79 Å². The van der Waals surface area contributed by atoms with Crippen LogP contribution in [0.4, 0.5) is 0 Å². The third-order valence-corrected chi connectivity index (χ3v) is 5.79. The Morgan fingerprint density at radius 3 is 2.14 bits per heavy atom. The molecule has 21 heavy (non-hydrogen) atoms. The molecular formula is C17H35NOS2. The molecule has 0 atom stereocenters. The van der Waals surface area contributed by atoms with Gasteiger partial charge >= 0.3 is 0 Å². The summed E-state index contributed by atoms with van der Waals surface area (Å²) in [5.74, 6) is 3.94. The number of hydrogen-bond donors (Lipinski definition) is 1. The third kappa shape index (κ3) is 18.1. The molecule has 0 heterocycles. The van der Waals surface area contributed by atoms with Crippen molar-refractivity contribution in [1.29, 1.82) is 0 Å². The molecule has 0 aliphatic carbocycles. The van der Waals surface area contributed by atoms with Crippen molar-refractivity contribution in [2.24, 2.45) is 11.8 Å². The van der Waals surface area contributed by atoms with Crippen LogP contribution in [-0.4, -0.2) is 24.0 Å². The maximum atomic E-state index is 11.5. The van der Waals surface area contributed by atoms with Crippen molar-refractivity contribution in [2.75, 3.05) is 18.1 Å². The van der Waals surface area contributed by atoms with Crippen molar-refractivity contribution in [2.45, 2.75) is 72.6 Å². The van der Waals surface area contributed by atoms with E-state index in [4.69, 9.17) is 0 Å². The van der Waals surface area contributed by atoms with Gasteiger partial charge in [-0.3, -0.25) is 4.79 Å². The number of amides is 1. The predicted octanol–water partition coefficient (Wildman–Crippen LogP) is 5.53. The molecule has 0 aliphatic rings. The summed E-state index contributed by atoms with van der Waals surface area (Å²) in [7, 11) is 3.84. The third-order valence-electron chi connectivity index (χ3n) is 3.30. The first-order valence-electron chi connectivity index (χ1n) is 8.53. The fourth-order valence-corrected chi connectivity index (χ4v) is 3.98. The first-order chi connectivity index (χ1) is 10.0. The zero-order valence-corrected chi connectivity index (χ0v) is 16.1. The number of hydrogen-bond acceptors (Lipinski definition) is 3. The fourth-order valence-electron chi connectivity index (χ4n) is 1.93. The molecule has 2 nitrogen and oxygen atoms in total. The van der Waals surface area contributed by atoms with Crippen LogP contribution >= 0.6 is 21.6 Å². The largest absolute Gasteiger partial charge is 0.355 e. The summed E-state index contributed by atoms with van der Waals surface area (Å²) in [6.07, 6.45) is 8.50. The van der Waals surface area contributed by atoms with E-state index >= 15 is 0 Å². The van der Waals surface area contributed by atoms with Crippen molar-refractivity contribution in [1.82, 2.24) is 5.32 Å². The number of carbonyl (C=O) groups excluding carboxylic acids is 1. The molecule has 0 spiro atoms. The Hall–Kier alpha value is 0.170. The van der Waals surface area contributed by atoms with Crippen LogP contribution < -0.4 is 5.32 Å². The normalized spacial score (nSPS) is 11.3. The van der Waals surface area contributed by atoms with Gasteiger partial charge in [0.2, 0.25) is 5.91 Å². The van der Waals surface area contributed by atoms with Gasteiger partial charge in [-0.2, -0.15) is 0 Å². The van der Waals surface area contributed by atoms with Crippen LogP contribution in [0, 0.1) is 11.8 Å². The Bertz CT molecular complexity index is 245. The lowest BCUT2D eigenvalue weighted by Gasteiger charge is -2.06. The lowest BCUT2D eigenvalue weighted by atomic mass is 10.0. The van der Waals surface area contributed by atoms with Crippen molar-refractivity contribution in [3.8, 4) is 0 Å². The molecule has 0 aromatic rings. The minimum Gasteiger partial charge on any atom is -0.355 e. The zero-order valence-electron chi connectivity index (χ0n) is 14.5. The predicted molar refractivity (Wildman–Crippen MR) is 99.9 cm³/mol. The SMILES string of the molecule is CC(C)CCCCCCSSCCNC(=O)CCC(C)C. The van der Waals surface area contributed by atoms with Crippen LogP contribution in [0.3, 0.4) is 0 Å². The van der Waals surface area contributed by atoms with Crippen LogP contribution in [-0.2, 0) is 4.79 Å². The number of carbonyl (C=O) groups is 1. The van der Waals surface area contributed by atoms with Crippen molar-refractivity contribution in [3.63, 3.8) is 0 Å². The van der Waals surface area contributed by atoms with E-state index in [9.17, 15) is 4.79 Å². The van der Waals surface area contributed by atoms with Gasteiger partial charge in [-0.25, -0.2) is 0 Å². The van der Waals surface area contributed by atoms with Gasteiger partial charge in [0.25, 0.3) is 0 Å². The molecule has 0 radical (unpaired) electrons. The molecule has 0 saturated heterocycles. The molecule has 0 unspecified atom stereocenters. The Labute approximate surface area is 140 Å². The van der Waals surface area contributed by atoms with E-state index < -0.39 is 0 Å². The molecule has 0 aromatic carbocycles. The molecular weight excluding hydrogens is 298 g/mol. The summed E-state index contributed by atoms with van der Waals surface area (Å²) >= 11 is 0. The van der Waals surface area contributed by atoms with Gasteiger partial charge in [0.15, 0.2) is 0 Å². The molecule has 4 heteroatoms. The second-order valence-corrected chi connectivity index (χ2v) is 9.23. The van der Waals surface area contributed by atoms with E-state index in [1.807, 2.05) is 21.6 Å². The van der Waals surface area contributed by atoms with Crippen LogP contribution in [0.2, 0.25) is 0 Å². The van der Waals surface area contributed by atoms with Crippen molar-refractivity contribution >= 4 is 27.5 Å². The van der Waals surface area contributed by atoms with E-state index in [1.54, 1.807) is 0 Å². The van der Waals surface area contributed by atoms with Gasteiger partial charge in [-0.1, -0.05) is 75.0 Å². The van der Waals surface area contributed by atoms with Crippen LogP contribution in [0.15, 0.2) is 0 Å². The molecule has 126 valence electrons. The van der Waals surface area contributed by atoms with Gasteiger partial charge in [-0.05, 0) is 24.7 Å². The second kappa shape index (κ2) is 15.1.